The number of carboxylic acid groups (broad SMARTS) is 1. The van der Waals surface area contributed by atoms with E-state index in [1.807, 2.05) is 0 Å². The molecule has 0 rings (SSSR count). The third-order valence-electron chi connectivity index (χ3n) is 6.61. The smallest absolute Gasteiger partial charge is 0.331 e. The molecule has 2 atom stereocenters. The average molecular weight is 484 g/mol. The van der Waals surface area contributed by atoms with Crippen molar-refractivity contribution in [2.24, 2.45) is 11.7 Å². The second kappa shape index (κ2) is 19.8. The molecule has 0 aromatic rings. The molecular formula is C27H53N3O4. The lowest BCUT2D eigenvalue weighted by molar-refractivity contribution is -0.150. The summed E-state index contributed by atoms with van der Waals surface area (Å²) in [6.07, 6.45) is 16.9. The molecule has 0 radical (unpaired) electrons. The quantitative estimate of drug-likeness (QED) is 0.120. The summed E-state index contributed by atoms with van der Waals surface area (Å²) in [5.41, 5.74) is 3.85. The van der Waals surface area contributed by atoms with Crippen molar-refractivity contribution in [1.29, 1.82) is 0 Å². The van der Waals surface area contributed by atoms with Crippen LogP contribution in [0.4, 0.5) is 0 Å². The molecule has 0 saturated carbocycles. The number of ketones is 1. The Balaban J connectivity index is 3.85. The van der Waals surface area contributed by atoms with Crippen molar-refractivity contribution in [3.8, 4) is 0 Å². The van der Waals surface area contributed by atoms with E-state index in [1.165, 1.54) is 70.6 Å². The fourth-order valence-electron chi connectivity index (χ4n) is 4.08. The highest BCUT2D eigenvalue weighted by Crippen LogP contribution is 2.16. The van der Waals surface area contributed by atoms with Gasteiger partial charge in [0, 0.05) is 6.42 Å². The summed E-state index contributed by atoms with van der Waals surface area (Å²) in [6, 6.07) is -0.900. The minimum atomic E-state index is -1.97. The van der Waals surface area contributed by atoms with Crippen LogP contribution in [0.5, 0.6) is 0 Å². The molecule has 0 heterocycles. The van der Waals surface area contributed by atoms with Gasteiger partial charge in [0.25, 0.3) is 0 Å². The molecule has 0 aliphatic rings. The van der Waals surface area contributed by atoms with Gasteiger partial charge in [-0.2, -0.15) is 0 Å². The highest BCUT2D eigenvalue weighted by atomic mass is 16.4. The van der Waals surface area contributed by atoms with Gasteiger partial charge >= 0.3 is 5.97 Å². The number of nitrogens with one attached hydrogen (secondary N) is 2. The van der Waals surface area contributed by atoms with Crippen LogP contribution in [-0.4, -0.2) is 47.4 Å². The molecule has 0 aliphatic carbocycles. The summed E-state index contributed by atoms with van der Waals surface area (Å²) in [4.78, 5) is 36.5. The van der Waals surface area contributed by atoms with Crippen molar-refractivity contribution in [3.05, 3.63) is 0 Å². The Hall–Kier alpha value is -1.47. The van der Waals surface area contributed by atoms with E-state index in [2.05, 4.69) is 17.6 Å². The second-order valence-corrected chi connectivity index (χ2v) is 10.0. The molecule has 0 saturated heterocycles. The van der Waals surface area contributed by atoms with Crippen LogP contribution in [0.2, 0.25) is 0 Å². The number of Topliss-reactive ketones (excluding diaryl/α,β-unsaturated/α-hetero) is 1. The molecule has 200 valence electrons. The van der Waals surface area contributed by atoms with Crippen molar-refractivity contribution < 1.29 is 19.5 Å². The number of carbonyl (C=O) groups excluding carboxylic acids is 2. The number of rotatable bonds is 23. The number of nitrogens with two attached hydrogens (primary N) is 1. The van der Waals surface area contributed by atoms with Gasteiger partial charge in [-0.15, -0.1) is 0 Å². The first kappa shape index (κ1) is 32.5. The van der Waals surface area contributed by atoms with Gasteiger partial charge in [-0.3, -0.25) is 9.59 Å². The maximum atomic E-state index is 12.7. The monoisotopic (exact) mass is 483 g/mol. The van der Waals surface area contributed by atoms with Crippen LogP contribution in [0.25, 0.3) is 0 Å². The number of amides is 1. The standard InChI is InChI=1S/C27H53N3O4/c1-5-7-8-9-10-11-12-13-14-15-16-17-20-29-21-18-19-23(31)30-24(22(3)4)25(32)27(28,6-2)26(33)34/h22,24,29H,5-21,28H2,1-4H3,(H,30,31)(H,33,34). The van der Waals surface area contributed by atoms with Crippen molar-refractivity contribution in [2.45, 2.75) is 136 Å². The van der Waals surface area contributed by atoms with Crippen molar-refractivity contribution >= 4 is 17.7 Å². The fraction of sp³-hybridized carbons (Fsp3) is 0.889. The van der Waals surface area contributed by atoms with Gasteiger partial charge in [-0.05, 0) is 38.3 Å². The Bertz CT molecular complexity index is 568. The zero-order valence-electron chi connectivity index (χ0n) is 22.4. The summed E-state index contributed by atoms with van der Waals surface area (Å²) in [7, 11) is 0. The third-order valence-corrected chi connectivity index (χ3v) is 6.61. The zero-order chi connectivity index (χ0) is 25.8. The summed E-state index contributed by atoms with van der Waals surface area (Å²) in [5, 5.41) is 15.4. The van der Waals surface area contributed by atoms with Crippen molar-refractivity contribution in [1.82, 2.24) is 10.6 Å². The normalized spacial score (nSPS) is 14.1. The summed E-state index contributed by atoms with van der Waals surface area (Å²) < 4.78 is 0. The fourth-order valence-corrected chi connectivity index (χ4v) is 4.08. The maximum Gasteiger partial charge on any atom is 0.331 e. The number of hydrogen-bond acceptors (Lipinski definition) is 5. The van der Waals surface area contributed by atoms with Crippen molar-refractivity contribution in [3.63, 3.8) is 0 Å². The minimum Gasteiger partial charge on any atom is -0.480 e. The molecule has 0 aromatic heterocycles. The lowest BCUT2D eigenvalue weighted by atomic mass is 9.83. The predicted octanol–water partition coefficient (Wildman–Crippen LogP) is 4.96. The van der Waals surface area contributed by atoms with Crippen LogP contribution in [0.1, 0.15) is 124 Å². The van der Waals surface area contributed by atoms with Crippen LogP contribution in [0.3, 0.4) is 0 Å². The number of hydrogen-bond donors (Lipinski definition) is 4. The van der Waals surface area contributed by atoms with Gasteiger partial charge in [-0.1, -0.05) is 98.3 Å². The molecule has 0 aromatic carbocycles. The second-order valence-electron chi connectivity index (χ2n) is 10.0. The van der Waals surface area contributed by atoms with E-state index in [-0.39, 0.29) is 18.2 Å². The molecule has 34 heavy (non-hydrogen) atoms. The van der Waals surface area contributed by atoms with Crippen LogP contribution < -0.4 is 16.4 Å². The van der Waals surface area contributed by atoms with E-state index in [9.17, 15) is 19.5 Å². The molecule has 7 nitrogen and oxygen atoms in total. The van der Waals surface area contributed by atoms with Gasteiger partial charge in [0.2, 0.25) is 5.91 Å². The van der Waals surface area contributed by atoms with Crippen LogP contribution in [-0.2, 0) is 14.4 Å². The molecule has 0 spiro atoms. The Morgan fingerprint density at radius 1 is 0.794 bits per heavy atom. The zero-order valence-corrected chi connectivity index (χ0v) is 22.4. The van der Waals surface area contributed by atoms with E-state index in [0.717, 1.165) is 19.5 Å². The first-order valence-corrected chi connectivity index (χ1v) is 13.8. The number of aliphatic carboxylic acids is 1. The Labute approximate surface area is 208 Å². The van der Waals surface area contributed by atoms with Gasteiger partial charge in [0.1, 0.15) is 0 Å². The lowest BCUT2D eigenvalue weighted by Gasteiger charge is -2.29. The average Bonchev–Trinajstić information content (AvgIpc) is 2.80. The molecule has 2 unspecified atom stereocenters. The topological polar surface area (TPSA) is 122 Å². The van der Waals surface area contributed by atoms with Gasteiger partial charge < -0.3 is 21.5 Å². The SMILES string of the molecule is CCCCCCCCCCCCCCNCCCC(=O)NC(C(=O)C(N)(CC)C(=O)O)C(C)C. The lowest BCUT2D eigenvalue weighted by Crippen LogP contribution is -2.62. The summed E-state index contributed by atoms with van der Waals surface area (Å²) in [5.74, 6) is -2.49. The van der Waals surface area contributed by atoms with E-state index in [4.69, 9.17) is 5.73 Å². The van der Waals surface area contributed by atoms with Gasteiger partial charge in [0.05, 0.1) is 6.04 Å². The molecule has 0 aliphatic heterocycles. The third kappa shape index (κ3) is 14.1. The Morgan fingerprint density at radius 3 is 1.71 bits per heavy atom. The molecule has 0 fully saturated rings. The van der Waals surface area contributed by atoms with E-state index < -0.39 is 23.3 Å². The van der Waals surface area contributed by atoms with Gasteiger partial charge in [-0.25, -0.2) is 4.79 Å². The Kier molecular flexibility index (Phi) is 18.9. The molecule has 0 bridgehead atoms. The van der Waals surface area contributed by atoms with Crippen molar-refractivity contribution in [2.75, 3.05) is 13.1 Å². The van der Waals surface area contributed by atoms with E-state index in [1.54, 1.807) is 20.8 Å². The number of unbranched alkanes of at least 4 members (excludes halogenated alkanes) is 11. The Morgan fingerprint density at radius 2 is 1.26 bits per heavy atom. The summed E-state index contributed by atoms with van der Waals surface area (Å²) in [6.45, 7) is 9.07. The van der Waals surface area contributed by atoms with E-state index in [0.29, 0.717) is 12.8 Å². The molecule has 1 amide bonds. The molecule has 5 N–H and O–H groups in total. The maximum absolute atomic E-state index is 12.7. The van der Waals surface area contributed by atoms with E-state index >= 15 is 0 Å². The number of carbonyl (C=O) groups is 3. The van der Waals surface area contributed by atoms with Crippen LogP contribution in [0.15, 0.2) is 0 Å². The predicted molar refractivity (Wildman–Crippen MR) is 140 cm³/mol. The highest BCUT2D eigenvalue weighted by molar-refractivity contribution is 6.10. The van der Waals surface area contributed by atoms with Crippen LogP contribution >= 0.6 is 0 Å². The summed E-state index contributed by atoms with van der Waals surface area (Å²) >= 11 is 0. The first-order chi connectivity index (χ1) is 16.2. The highest BCUT2D eigenvalue weighted by Gasteiger charge is 2.45. The van der Waals surface area contributed by atoms with Gasteiger partial charge in [0.15, 0.2) is 11.3 Å². The minimum absolute atomic E-state index is 0.0245. The molecular weight excluding hydrogens is 430 g/mol. The van der Waals surface area contributed by atoms with Crippen LogP contribution in [0, 0.1) is 5.92 Å². The molecule has 7 heteroatoms. The number of carboxylic acids is 1. The largest absolute Gasteiger partial charge is 0.480 e. The first-order valence-electron chi connectivity index (χ1n) is 13.8.